The van der Waals surface area contributed by atoms with Crippen LogP contribution in [0.15, 0.2) is 58.4 Å². The number of nitrogens with one attached hydrogen (secondary N) is 1. The first-order chi connectivity index (χ1) is 11.2. The first-order valence-corrected chi connectivity index (χ1v) is 7.94. The molecule has 0 spiro atoms. The van der Waals surface area contributed by atoms with Crippen LogP contribution < -0.4 is 5.32 Å². The molecule has 1 aliphatic heterocycles. The lowest BCUT2D eigenvalue weighted by molar-refractivity contribution is 0.0978. The summed E-state index contributed by atoms with van der Waals surface area (Å²) in [6, 6.07) is 16.7. The molecule has 4 nitrogen and oxygen atoms in total. The Morgan fingerprint density at radius 1 is 1.17 bits per heavy atom. The molecule has 1 atom stereocenters. The van der Waals surface area contributed by atoms with Crippen LogP contribution in [-0.2, 0) is 0 Å². The van der Waals surface area contributed by atoms with E-state index in [4.69, 9.17) is 5.26 Å². The van der Waals surface area contributed by atoms with E-state index in [-0.39, 0.29) is 11.9 Å². The number of aliphatic imine (C=N–C) groups is 1. The average molecular weight is 317 g/mol. The van der Waals surface area contributed by atoms with Gasteiger partial charge in [0.2, 0.25) is 0 Å². The van der Waals surface area contributed by atoms with Gasteiger partial charge in [0.15, 0.2) is 5.17 Å². The van der Waals surface area contributed by atoms with Crippen molar-refractivity contribution >= 4 is 28.9 Å². The number of hydrogen-bond donors (Lipinski definition) is 1. The van der Waals surface area contributed by atoms with Crippen molar-refractivity contribution in [1.29, 1.82) is 5.26 Å². The molecule has 0 saturated carbocycles. The minimum absolute atomic E-state index is 0.00691. The van der Waals surface area contributed by atoms with Crippen LogP contribution in [0.25, 0.3) is 6.08 Å². The number of nitrogens with zero attached hydrogens (tertiary/aromatic N) is 2. The second-order valence-corrected chi connectivity index (χ2v) is 6.32. The van der Waals surface area contributed by atoms with E-state index < -0.39 is 0 Å². The number of fused-ring (bicyclic) bond motifs is 3. The second-order valence-electron chi connectivity index (χ2n) is 5.26. The lowest BCUT2D eigenvalue weighted by atomic mass is 10.1. The summed E-state index contributed by atoms with van der Waals surface area (Å²) in [7, 11) is 0. The monoisotopic (exact) mass is 317 g/mol. The average Bonchev–Trinajstić information content (AvgIpc) is 3.12. The van der Waals surface area contributed by atoms with Crippen LogP contribution in [-0.4, -0.2) is 11.1 Å². The summed E-state index contributed by atoms with van der Waals surface area (Å²) in [5.41, 5.74) is 3.42. The molecule has 0 saturated heterocycles. The molecule has 0 bridgehead atoms. The molecule has 110 valence electrons. The Kier molecular flexibility index (Phi) is 3.25. The lowest BCUT2D eigenvalue weighted by Crippen LogP contribution is -2.27. The fourth-order valence-electron chi connectivity index (χ4n) is 2.67. The summed E-state index contributed by atoms with van der Waals surface area (Å²) in [4.78, 5) is 18.0. The van der Waals surface area contributed by atoms with E-state index in [9.17, 15) is 4.79 Å². The van der Waals surface area contributed by atoms with Gasteiger partial charge in [0.05, 0.1) is 11.6 Å². The normalized spacial score (nSPS) is 17.6. The van der Waals surface area contributed by atoms with Crippen molar-refractivity contribution < 1.29 is 4.79 Å². The zero-order valence-electron chi connectivity index (χ0n) is 12.0. The highest BCUT2D eigenvalue weighted by Gasteiger charge is 2.32. The predicted octanol–water partition coefficient (Wildman–Crippen LogP) is 3.49. The van der Waals surface area contributed by atoms with Crippen molar-refractivity contribution in [3.8, 4) is 6.07 Å². The summed E-state index contributed by atoms with van der Waals surface area (Å²) in [6.45, 7) is 0. The van der Waals surface area contributed by atoms with Crippen LogP contribution in [0, 0.1) is 11.3 Å². The fraction of sp³-hybridized carbons (Fsp3) is 0.0556. The van der Waals surface area contributed by atoms with E-state index in [1.54, 1.807) is 24.3 Å². The van der Waals surface area contributed by atoms with Crippen molar-refractivity contribution in [3.05, 3.63) is 75.7 Å². The largest absolute Gasteiger partial charge is 0.301 e. The van der Waals surface area contributed by atoms with Crippen LogP contribution in [0.1, 0.15) is 33.1 Å². The predicted molar refractivity (Wildman–Crippen MR) is 90.8 cm³/mol. The molecule has 0 radical (unpaired) electrons. The molecule has 5 heteroatoms. The van der Waals surface area contributed by atoms with Crippen LogP contribution in [0.2, 0.25) is 0 Å². The van der Waals surface area contributed by atoms with Gasteiger partial charge in [-0.05, 0) is 41.5 Å². The zero-order valence-corrected chi connectivity index (χ0v) is 12.8. The van der Waals surface area contributed by atoms with Gasteiger partial charge in [0, 0.05) is 10.5 Å². The number of thioether (sulfide) groups is 1. The van der Waals surface area contributed by atoms with Crippen molar-refractivity contribution in [1.82, 2.24) is 5.32 Å². The van der Waals surface area contributed by atoms with Gasteiger partial charge in [-0.1, -0.05) is 36.0 Å². The summed E-state index contributed by atoms with van der Waals surface area (Å²) < 4.78 is 0. The molecular weight excluding hydrogens is 306 g/mol. The number of hydrogen-bond acceptors (Lipinski definition) is 4. The van der Waals surface area contributed by atoms with Crippen molar-refractivity contribution in [2.24, 2.45) is 4.99 Å². The third-order valence-electron chi connectivity index (χ3n) is 3.82. The maximum absolute atomic E-state index is 12.3. The van der Waals surface area contributed by atoms with E-state index >= 15 is 0 Å². The van der Waals surface area contributed by atoms with Gasteiger partial charge in [0.1, 0.15) is 6.04 Å². The van der Waals surface area contributed by atoms with Crippen molar-refractivity contribution in [2.45, 2.75) is 6.04 Å². The van der Waals surface area contributed by atoms with E-state index in [1.807, 2.05) is 18.2 Å². The maximum Gasteiger partial charge on any atom is 0.257 e. The van der Waals surface area contributed by atoms with Crippen molar-refractivity contribution in [2.75, 3.05) is 0 Å². The number of benzene rings is 2. The number of nitriles is 1. The van der Waals surface area contributed by atoms with E-state index in [0.717, 1.165) is 4.91 Å². The van der Waals surface area contributed by atoms with Crippen LogP contribution in [0.4, 0.5) is 0 Å². The summed E-state index contributed by atoms with van der Waals surface area (Å²) in [5, 5.41) is 12.2. The molecule has 4 rings (SSSR count). The minimum Gasteiger partial charge on any atom is -0.301 e. The molecule has 23 heavy (non-hydrogen) atoms. The molecule has 2 aromatic rings. The first kappa shape index (κ1) is 13.8. The Labute approximate surface area is 137 Å². The van der Waals surface area contributed by atoms with Gasteiger partial charge in [0.25, 0.3) is 5.91 Å². The van der Waals surface area contributed by atoms with E-state index in [0.29, 0.717) is 16.3 Å². The molecule has 0 fully saturated rings. The standard InChI is InChI=1S/C18H11N3OS/c19-10-11-5-7-12(8-6-11)17(22)21-18-20-16-14-4-2-1-3-13(14)9-15(16)23-18/h1-9,16H,(H,20,21,22). The maximum atomic E-state index is 12.3. The van der Waals surface area contributed by atoms with Gasteiger partial charge in [-0.3, -0.25) is 4.79 Å². The Balaban J connectivity index is 1.52. The molecular formula is C18H11N3OS. The number of amidine groups is 1. The first-order valence-electron chi connectivity index (χ1n) is 7.12. The highest BCUT2D eigenvalue weighted by molar-refractivity contribution is 8.17. The Morgan fingerprint density at radius 3 is 2.74 bits per heavy atom. The quantitative estimate of drug-likeness (QED) is 0.875. The molecule has 2 aromatic carbocycles. The topological polar surface area (TPSA) is 65.2 Å². The van der Waals surface area contributed by atoms with Gasteiger partial charge in [-0.15, -0.1) is 0 Å². The van der Waals surface area contributed by atoms with Gasteiger partial charge in [-0.25, -0.2) is 4.99 Å². The van der Waals surface area contributed by atoms with Crippen LogP contribution in [0.5, 0.6) is 0 Å². The highest BCUT2D eigenvalue weighted by Crippen LogP contribution is 2.47. The van der Waals surface area contributed by atoms with E-state index in [2.05, 4.69) is 28.5 Å². The molecule has 1 aliphatic carbocycles. The molecule has 0 aromatic heterocycles. The molecule has 2 aliphatic rings. The SMILES string of the molecule is N#Cc1ccc(C(=O)NC2=NC3C(=Cc4ccccc43)S2)cc1. The van der Waals surface area contributed by atoms with Gasteiger partial charge in [-0.2, -0.15) is 5.26 Å². The molecule has 1 heterocycles. The number of amides is 1. The number of rotatable bonds is 1. The fourth-order valence-corrected chi connectivity index (χ4v) is 3.68. The number of carbonyl (C=O) groups is 1. The summed E-state index contributed by atoms with van der Waals surface area (Å²) >= 11 is 1.50. The Hall–Kier alpha value is -2.84. The second kappa shape index (κ2) is 5.41. The highest BCUT2D eigenvalue weighted by atomic mass is 32.2. The van der Waals surface area contributed by atoms with Crippen LogP contribution >= 0.6 is 11.8 Å². The third-order valence-corrected chi connectivity index (χ3v) is 4.79. The Morgan fingerprint density at radius 2 is 1.96 bits per heavy atom. The zero-order chi connectivity index (χ0) is 15.8. The third kappa shape index (κ3) is 2.43. The number of carbonyl (C=O) groups excluding carboxylic acids is 1. The van der Waals surface area contributed by atoms with Gasteiger partial charge >= 0.3 is 0 Å². The lowest BCUT2D eigenvalue weighted by Gasteiger charge is -2.04. The summed E-state index contributed by atoms with van der Waals surface area (Å²) in [5.74, 6) is -0.213. The Bertz CT molecular complexity index is 907. The van der Waals surface area contributed by atoms with Gasteiger partial charge < -0.3 is 5.32 Å². The van der Waals surface area contributed by atoms with Crippen LogP contribution in [0.3, 0.4) is 0 Å². The smallest absolute Gasteiger partial charge is 0.257 e. The molecule has 1 amide bonds. The van der Waals surface area contributed by atoms with Crippen molar-refractivity contribution in [3.63, 3.8) is 0 Å². The minimum atomic E-state index is -0.213. The molecule has 1 N–H and O–H groups in total. The molecule has 1 unspecified atom stereocenters. The summed E-state index contributed by atoms with van der Waals surface area (Å²) in [6.07, 6.45) is 2.12. The van der Waals surface area contributed by atoms with E-state index in [1.165, 1.54) is 22.9 Å².